The van der Waals surface area contributed by atoms with Crippen molar-refractivity contribution in [2.45, 2.75) is 4.90 Å². The fourth-order valence-electron chi connectivity index (χ4n) is 3.57. The van der Waals surface area contributed by atoms with Crippen LogP contribution in [0.5, 0.6) is 0 Å². The second-order valence-electron chi connectivity index (χ2n) is 7.74. The largest absolute Gasteiger partial charge is 0.298 e. The Labute approximate surface area is 224 Å². The summed E-state index contributed by atoms with van der Waals surface area (Å²) in [6.07, 6.45) is 0. The van der Waals surface area contributed by atoms with E-state index in [1.807, 2.05) is 47.8 Å². The Kier molecular flexibility index (Phi) is 8.77. The van der Waals surface area contributed by atoms with Gasteiger partial charge in [0, 0.05) is 41.4 Å². The van der Waals surface area contributed by atoms with Crippen LogP contribution in [0.1, 0.15) is 10.4 Å². The predicted octanol–water partition coefficient (Wildman–Crippen LogP) is 6.20. The van der Waals surface area contributed by atoms with Gasteiger partial charge >= 0.3 is 0 Å². The highest BCUT2D eigenvalue weighted by Gasteiger charge is 2.24. The third kappa shape index (κ3) is 6.14. The molecule has 10 heteroatoms. The zero-order valence-electron chi connectivity index (χ0n) is 19.1. The van der Waals surface area contributed by atoms with Gasteiger partial charge in [-0.15, -0.1) is 34.5 Å². The van der Waals surface area contributed by atoms with E-state index >= 15 is 0 Å². The Balaban J connectivity index is 1.43. The maximum Gasteiger partial charge on any atom is 0.257 e. The van der Waals surface area contributed by atoms with Gasteiger partial charge in [-0.25, -0.2) is 13.4 Å². The molecule has 0 saturated heterocycles. The van der Waals surface area contributed by atoms with E-state index in [2.05, 4.69) is 22.4 Å². The maximum absolute atomic E-state index is 12.8. The molecule has 0 spiro atoms. The summed E-state index contributed by atoms with van der Waals surface area (Å²) in [6, 6.07) is 23.9. The molecule has 186 valence electrons. The maximum atomic E-state index is 12.8. The van der Waals surface area contributed by atoms with Crippen molar-refractivity contribution >= 4 is 55.6 Å². The van der Waals surface area contributed by atoms with Gasteiger partial charge in [-0.1, -0.05) is 54.6 Å². The van der Waals surface area contributed by atoms with E-state index in [1.54, 1.807) is 0 Å². The lowest BCUT2D eigenvalue weighted by Crippen LogP contribution is -2.34. The highest BCUT2D eigenvalue weighted by molar-refractivity contribution is 7.89. The summed E-state index contributed by atoms with van der Waals surface area (Å²) >= 11 is 12.8. The van der Waals surface area contributed by atoms with Crippen molar-refractivity contribution in [1.29, 1.82) is 0 Å². The van der Waals surface area contributed by atoms with E-state index in [0.29, 0.717) is 10.7 Å². The molecule has 4 aromatic rings. The van der Waals surface area contributed by atoms with Gasteiger partial charge in [0.15, 0.2) is 5.13 Å². The van der Waals surface area contributed by atoms with Crippen molar-refractivity contribution in [2.24, 2.45) is 0 Å². The third-order valence-corrected chi connectivity index (χ3v) is 8.44. The van der Waals surface area contributed by atoms with E-state index in [9.17, 15) is 13.2 Å². The van der Waals surface area contributed by atoms with E-state index in [4.69, 9.17) is 23.2 Å². The lowest BCUT2D eigenvalue weighted by Gasteiger charge is -2.20. The second kappa shape index (κ2) is 12.0. The Bertz CT molecular complexity index is 1400. The van der Waals surface area contributed by atoms with Crippen LogP contribution in [0.2, 0.25) is 0 Å². The Hall–Kier alpha value is -2.75. The average molecular weight is 561 g/mol. The quantitative estimate of drug-likeness (QED) is 0.235. The molecular weight excluding hydrogens is 537 g/mol. The van der Waals surface area contributed by atoms with Gasteiger partial charge in [-0.05, 0) is 35.4 Å². The van der Waals surface area contributed by atoms with Crippen molar-refractivity contribution in [1.82, 2.24) is 9.29 Å². The van der Waals surface area contributed by atoms with Gasteiger partial charge < -0.3 is 0 Å². The summed E-state index contributed by atoms with van der Waals surface area (Å²) in [5.74, 6) is -0.0645. The topological polar surface area (TPSA) is 79.4 Å². The first-order valence-corrected chi connectivity index (χ1v) is 14.5. The van der Waals surface area contributed by atoms with Gasteiger partial charge in [0.2, 0.25) is 10.0 Å². The number of hydrogen-bond donors (Lipinski definition) is 1. The van der Waals surface area contributed by atoms with Crippen LogP contribution in [0.25, 0.3) is 22.4 Å². The van der Waals surface area contributed by atoms with Gasteiger partial charge in [0.25, 0.3) is 5.91 Å². The molecule has 1 N–H and O–H groups in total. The Morgan fingerprint density at radius 2 is 1.42 bits per heavy atom. The molecular formula is C26H23Cl2N3O3S2. The molecule has 4 rings (SSSR count). The minimum absolute atomic E-state index is 0.0739. The number of nitrogens with zero attached hydrogens (tertiary/aromatic N) is 2. The molecule has 6 nitrogen and oxygen atoms in total. The average Bonchev–Trinajstić information content (AvgIpc) is 3.37. The highest BCUT2D eigenvalue weighted by Crippen LogP contribution is 2.28. The zero-order chi connectivity index (χ0) is 25.5. The fourth-order valence-corrected chi connectivity index (χ4v) is 6.33. The first-order valence-electron chi connectivity index (χ1n) is 11.1. The number of carbonyl (C=O) groups is 1. The number of amides is 1. The number of benzene rings is 3. The second-order valence-corrected chi connectivity index (χ2v) is 11.3. The molecule has 0 aliphatic carbocycles. The molecule has 0 radical (unpaired) electrons. The molecule has 0 aliphatic rings. The predicted molar refractivity (Wildman–Crippen MR) is 148 cm³/mol. The first kappa shape index (κ1) is 26.3. The first-order chi connectivity index (χ1) is 17.4. The molecule has 36 heavy (non-hydrogen) atoms. The lowest BCUT2D eigenvalue weighted by atomic mass is 10.0. The van der Waals surface area contributed by atoms with Crippen LogP contribution in [0, 0.1) is 0 Å². The number of hydrogen-bond acceptors (Lipinski definition) is 5. The number of sulfonamides is 1. The molecule has 0 saturated carbocycles. The summed E-state index contributed by atoms with van der Waals surface area (Å²) in [5, 5.41) is 5.11. The number of alkyl halides is 2. The molecule has 3 aromatic carbocycles. The Morgan fingerprint density at radius 3 is 2.03 bits per heavy atom. The van der Waals surface area contributed by atoms with Crippen LogP contribution in [0.15, 0.2) is 89.1 Å². The molecule has 1 aromatic heterocycles. The summed E-state index contributed by atoms with van der Waals surface area (Å²) < 4.78 is 26.9. The summed E-state index contributed by atoms with van der Waals surface area (Å²) in [6.45, 7) is 0.306. The van der Waals surface area contributed by atoms with Crippen LogP contribution < -0.4 is 5.32 Å². The SMILES string of the molecule is O=C(Nc1nc(-c2ccc(-c3ccccc3)cc2)cs1)c1ccc(S(=O)(=O)N(CCCl)CCCl)cc1. The van der Waals surface area contributed by atoms with Crippen molar-refractivity contribution < 1.29 is 13.2 Å². The van der Waals surface area contributed by atoms with Crippen molar-refractivity contribution in [3.05, 3.63) is 89.8 Å². The van der Waals surface area contributed by atoms with Crippen molar-refractivity contribution in [3.63, 3.8) is 0 Å². The third-order valence-electron chi connectivity index (χ3n) is 5.43. The molecule has 1 heterocycles. The smallest absolute Gasteiger partial charge is 0.257 e. The molecule has 0 aliphatic heterocycles. The van der Waals surface area contributed by atoms with Crippen molar-refractivity contribution in [3.8, 4) is 22.4 Å². The van der Waals surface area contributed by atoms with E-state index in [1.165, 1.54) is 39.9 Å². The number of thiazole rings is 1. The molecule has 0 fully saturated rings. The highest BCUT2D eigenvalue weighted by atomic mass is 35.5. The summed E-state index contributed by atoms with van der Waals surface area (Å²) in [7, 11) is -3.75. The number of nitrogens with one attached hydrogen (secondary N) is 1. The van der Waals surface area contributed by atoms with Crippen LogP contribution >= 0.6 is 34.5 Å². The lowest BCUT2D eigenvalue weighted by molar-refractivity contribution is 0.102. The van der Waals surface area contributed by atoms with Gasteiger partial charge in [-0.2, -0.15) is 4.31 Å². The Morgan fingerprint density at radius 1 is 0.833 bits per heavy atom. The number of anilines is 1. The number of halogens is 2. The minimum atomic E-state index is -3.75. The monoisotopic (exact) mass is 559 g/mol. The zero-order valence-corrected chi connectivity index (χ0v) is 22.2. The summed E-state index contributed by atoms with van der Waals surface area (Å²) in [5.41, 5.74) is 4.27. The van der Waals surface area contributed by atoms with Gasteiger partial charge in [0.1, 0.15) is 0 Å². The van der Waals surface area contributed by atoms with Crippen LogP contribution in [-0.2, 0) is 10.0 Å². The fraction of sp³-hybridized carbons (Fsp3) is 0.154. The van der Waals surface area contributed by atoms with Crippen molar-refractivity contribution in [2.75, 3.05) is 30.2 Å². The van der Waals surface area contributed by atoms with E-state index < -0.39 is 10.0 Å². The van der Waals surface area contributed by atoms with E-state index in [-0.39, 0.29) is 35.7 Å². The van der Waals surface area contributed by atoms with Gasteiger partial charge in [0.05, 0.1) is 10.6 Å². The molecule has 0 atom stereocenters. The van der Waals surface area contributed by atoms with Gasteiger partial charge in [-0.3, -0.25) is 10.1 Å². The number of rotatable bonds is 10. The molecule has 1 amide bonds. The molecule has 0 unspecified atom stereocenters. The molecule has 0 bridgehead atoms. The van der Waals surface area contributed by atoms with Crippen LogP contribution in [0.4, 0.5) is 5.13 Å². The van der Waals surface area contributed by atoms with Crippen LogP contribution in [0.3, 0.4) is 0 Å². The number of aromatic nitrogens is 1. The van der Waals surface area contributed by atoms with Crippen LogP contribution in [-0.4, -0.2) is 48.5 Å². The standard InChI is InChI=1S/C26H23Cl2N3O3S2/c27-14-16-31(17-15-28)36(33,34)23-12-10-22(11-13-23)25(32)30-26-29-24(18-35-26)21-8-6-20(7-9-21)19-4-2-1-3-5-19/h1-13,18H,14-17H2,(H,29,30,32). The van der Waals surface area contributed by atoms with E-state index in [0.717, 1.165) is 22.4 Å². The minimum Gasteiger partial charge on any atom is -0.298 e. The number of carbonyl (C=O) groups excluding carboxylic acids is 1. The summed E-state index contributed by atoms with van der Waals surface area (Å²) in [4.78, 5) is 17.3. The normalized spacial score (nSPS) is 11.5.